The molecular weight excluding hydrogens is 282 g/mol. The van der Waals surface area contributed by atoms with E-state index in [1.807, 2.05) is 17.7 Å². The van der Waals surface area contributed by atoms with E-state index in [1.54, 1.807) is 11.3 Å². The van der Waals surface area contributed by atoms with Crippen LogP contribution in [-0.2, 0) is 11.3 Å². The number of likely N-dealkylation sites (tertiary alicyclic amines) is 2. The molecule has 0 saturated carbocycles. The van der Waals surface area contributed by atoms with E-state index in [9.17, 15) is 4.79 Å². The number of aromatic nitrogens is 1. The van der Waals surface area contributed by atoms with Crippen molar-refractivity contribution in [1.29, 1.82) is 0 Å². The molecule has 0 bridgehead atoms. The fourth-order valence-electron chi connectivity index (χ4n) is 3.82. The molecule has 3 rings (SSSR count). The molecule has 1 spiro atoms. The predicted octanol–water partition coefficient (Wildman–Crippen LogP) is 2.68. The summed E-state index contributed by atoms with van der Waals surface area (Å²) >= 11 is 1.71. The van der Waals surface area contributed by atoms with Gasteiger partial charge in [-0.05, 0) is 32.2 Å². The van der Waals surface area contributed by atoms with E-state index in [4.69, 9.17) is 0 Å². The van der Waals surface area contributed by atoms with E-state index in [0.717, 1.165) is 45.3 Å². The lowest BCUT2D eigenvalue weighted by atomic mass is 9.79. The molecule has 1 aromatic heterocycles. The second-order valence-electron chi connectivity index (χ2n) is 6.11. The fraction of sp³-hybridized carbons (Fsp3) is 0.625. The van der Waals surface area contributed by atoms with Crippen molar-refractivity contribution in [3.05, 3.63) is 29.2 Å². The van der Waals surface area contributed by atoms with Crippen LogP contribution in [0.1, 0.15) is 37.1 Å². The zero-order valence-corrected chi connectivity index (χ0v) is 13.3. The van der Waals surface area contributed by atoms with Crippen LogP contribution in [0.15, 0.2) is 24.2 Å². The number of amides is 1. The van der Waals surface area contributed by atoms with E-state index in [-0.39, 0.29) is 5.54 Å². The summed E-state index contributed by atoms with van der Waals surface area (Å²) in [7, 11) is 0. The molecule has 3 heterocycles. The van der Waals surface area contributed by atoms with E-state index in [2.05, 4.69) is 21.4 Å². The zero-order chi connectivity index (χ0) is 14.7. The molecule has 5 heteroatoms. The minimum absolute atomic E-state index is 0.0268. The molecule has 2 fully saturated rings. The van der Waals surface area contributed by atoms with Crippen molar-refractivity contribution < 1.29 is 4.79 Å². The zero-order valence-electron chi connectivity index (χ0n) is 12.5. The minimum Gasteiger partial charge on any atom is -0.332 e. The van der Waals surface area contributed by atoms with Crippen LogP contribution in [0, 0.1) is 0 Å². The molecule has 114 valence electrons. The largest absolute Gasteiger partial charge is 0.332 e. The Kier molecular flexibility index (Phi) is 4.40. The second-order valence-corrected chi connectivity index (χ2v) is 7.09. The van der Waals surface area contributed by atoms with E-state index in [1.165, 1.54) is 5.01 Å². The summed E-state index contributed by atoms with van der Waals surface area (Å²) in [5, 5.41) is 3.20. The molecule has 0 aliphatic carbocycles. The van der Waals surface area contributed by atoms with Gasteiger partial charge in [-0.2, -0.15) is 0 Å². The highest BCUT2D eigenvalue weighted by Crippen LogP contribution is 2.37. The summed E-state index contributed by atoms with van der Waals surface area (Å²) in [5.74, 6) is 0.303. The summed E-state index contributed by atoms with van der Waals surface area (Å²) in [4.78, 5) is 21.3. The summed E-state index contributed by atoms with van der Waals surface area (Å²) < 4.78 is 0. The van der Waals surface area contributed by atoms with Crippen molar-refractivity contribution in [3.8, 4) is 0 Å². The van der Waals surface area contributed by atoms with Crippen LogP contribution >= 0.6 is 11.3 Å². The lowest BCUT2D eigenvalue weighted by Crippen LogP contribution is -2.62. The van der Waals surface area contributed by atoms with Gasteiger partial charge in [-0.25, -0.2) is 4.98 Å². The number of hydrogen-bond acceptors (Lipinski definition) is 4. The van der Waals surface area contributed by atoms with Crippen molar-refractivity contribution in [1.82, 2.24) is 14.8 Å². The monoisotopic (exact) mass is 305 g/mol. The van der Waals surface area contributed by atoms with Crippen molar-refractivity contribution in [2.75, 3.05) is 19.6 Å². The van der Waals surface area contributed by atoms with Gasteiger partial charge in [0, 0.05) is 31.1 Å². The first kappa shape index (κ1) is 14.7. The average molecular weight is 305 g/mol. The number of carbonyl (C=O) groups excluding carboxylic acids is 1. The number of thiazole rings is 1. The molecule has 1 amide bonds. The van der Waals surface area contributed by atoms with E-state index in [0.29, 0.717) is 18.9 Å². The summed E-state index contributed by atoms with van der Waals surface area (Å²) in [5.41, 5.74) is 0.0268. The first-order valence-electron chi connectivity index (χ1n) is 7.76. The smallest absolute Gasteiger partial charge is 0.223 e. The SMILES string of the molecule is C=CCN1C(=O)CCCC12CCCN(Cc1nccs1)C2. The van der Waals surface area contributed by atoms with Crippen molar-refractivity contribution >= 4 is 17.2 Å². The molecule has 21 heavy (non-hydrogen) atoms. The highest BCUT2D eigenvalue weighted by atomic mass is 32.1. The highest BCUT2D eigenvalue weighted by Gasteiger charge is 2.44. The van der Waals surface area contributed by atoms with Gasteiger partial charge in [0.1, 0.15) is 5.01 Å². The van der Waals surface area contributed by atoms with Gasteiger partial charge in [-0.3, -0.25) is 9.69 Å². The second kappa shape index (κ2) is 6.28. The Hall–Kier alpha value is -1.20. The molecule has 1 unspecified atom stereocenters. The molecule has 2 saturated heterocycles. The van der Waals surface area contributed by atoms with Crippen molar-refractivity contribution in [2.24, 2.45) is 0 Å². The molecule has 0 radical (unpaired) electrons. The quantitative estimate of drug-likeness (QED) is 0.803. The number of rotatable bonds is 4. The predicted molar refractivity (Wildman–Crippen MR) is 85.1 cm³/mol. The van der Waals surface area contributed by atoms with Crippen LogP contribution in [0.3, 0.4) is 0 Å². The van der Waals surface area contributed by atoms with Crippen LogP contribution in [-0.4, -0.2) is 45.9 Å². The first-order chi connectivity index (χ1) is 10.2. The maximum Gasteiger partial charge on any atom is 0.223 e. The van der Waals surface area contributed by atoms with Gasteiger partial charge >= 0.3 is 0 Å². The normalized spacial score (nSPS) is 27.2. The molecule has 0 N–H and O–H groups in total. The fourth-order valence-corrected chi connectivity index (χ4v) is 4.47. The van der Waals surface area contributed by atoms with Gasteiger partial charge in [0.05, 0.1) is 12.1 Å². The van der Waals surface area contributed by atoms with Gasteiger partial charge < -0.3 is 4.90 Å². The molecular formula is C16H23N3OS. The van der Waals surface area contributed by atoms with Crippen LogP contribution in [0.2, 0.25) is 0 Å². The topological polar surface area (TPSA) is 36.4 Å². The van der Waals surface area contributed by atoms with E-state index >= 15 is 0 Å². The van der Waals surface area contributed by atoms with Crippen LogP contribution in [0.5, 0.6) is 0 Å². The van der Waals surface area contributed by atoms with Crippen LogP contribution in [0.4, 0.5) is 0 Å². The van der Waals surface area contributed by atoms with E-state index < -0.39 is 0 Å². The first-order valence-corrected chi connectivity index (χ1v) is 8.64. The van der Waals surface area contributed by atoms with Gasteiger partial charge in [0.25, 0.3) is 0 Å². The highest BCUT2D eigenvalue weighted by molar-refractivity contribution is 7.09. The third kappa shape index (κ3) is 3.04. The minimum atomic E-state index is 0.0268. The Balaban J connectivity index is 1.75. The third-order valence-electron chi connectivity index (χ3n) is 4.69. The van der Waals surface area contributed by atoms with Crippen molar-refractivity contribution in [2.45, 2.75) is 44.2 Å². The molecule has 4 nitrogen and oxygen atoms in total. The summed E-state index contributed by atoms with van der Waals surface area (Å²) in [6, 6.07) is 0. The summed E-state index contributed by atoms with van der Waals surface area (Å²) in [6.07, 6.45) is 8.87. The Bertz CT molecular complexity index is 498. The van der Waals surface area contributed by atoms with Crippen molar-refractivity contribution in [3.63, 3.8) is 0 Å². The standard InChI is InChI=1S/C16H23N3OS/c1-2-9-19-15(20)5-3-6-16(19)7-4-10-18(13-16)12-14-17-8-11-21-14/h2,8,11H,1,3-7,9-10,12-13H2. The lowest BCUT2D eigenvalue weighted by Gasteiger charge is -2.52. The van der Waals surface area contributed by atoms with Gasteiger partial charge in [0.2, 0.25) is 5.91 Å². The van der Waals surface area contributed by atoms with Gasteiger partial charge in [-0.15, -0.1) is 17.9 Å². The molecule has 2 aliphatic rings. The maximum absolute atomic E-state index is 12.3. The number of carbonyl (C=O) groups is 1. The number of hydrogen-bond donors (Lipinski definition) is 0. The van der Waals surface area contributed by atoms with Gasteiger partial charge in [0.15, 0.2) is 0 Å². The Morgan fingerprint density at radius 2 is 2.29 bits per heavy atom. The number of piperidine rings is 2. The molecule has 1 aromatic rings. The Labute approximate surface area is 130 Å². The summed E-state index contributed by atoms with van der Waals surface area (Å²) in [6.45, 7) is 7.51. The lowest BCUT2D eigenvalue weighted by molar-refractivity contribution is -0.144. The van der Waals surface area contributed by atoms with Crippen LogP contribution < -0.4 is 0 Å². The average Bonchev–Trinajstić information content (AvgIpc) is 2.96. The van der Waals surface area contributed by atoms with Gasteiger partial charge in [-0.1, -0.05) is 6.08 Å². The molecule has 1 atom stereocenters. The Morgan fingerprint density at radius 1 is 1.43 bits per heavy atom. The Morgan fingerprint density at radius 3 is 3.05 bits per heavy atom. The third-order valence-corrected chi connectivity index (χ3v) is 5.46. The maximum atomic E-state index is 12.3. The molecule has 0 aromatic carbocycles. The van der Waals surface area contributed by atoms with Crippen LogP contribution in [0.25, 0.3) is 0 Å². The molecule has 2 aliphatic heterocycles. The number of nitrogens with zero attached hydrogens (tertiary/aromatic N) is 3.